The molecule has 0 N–H and O–H groups in total. The summed E-state index contributed by atoms with van der Waals surface area (Å²) in [6.07, 6.45) is -0.408. The Morgan fingerprint density at radius 3 is 2.46 bits per heavy atom. The molecule has 2 aromatic rings. The number of halogens is 3. The Morgan fingerprint density at radius 2 is 1.83 bits per heavy atom. The van der Waals surface area contributed by atoms with Gasteiger partial charge >= 0.3 is 12.1 Å². The summed E-state index contributed by atoms with van der Waals surface area (Å²) in [5.74, 6) is -0.292. The Kier molecular flexibility index (Phi) is 4.67. The monoisotopic (exact) mass is 354 g/mol. The summed E-state index contributed by atoms with van der Waals surface area (Å²) < 4.78 is 44.9. The van der Waals surface area contributed by atoms with Gasteiger partial charge in [-0.3, -0.25) is 0 Å². The number of carbonyl (C=O) groups is 1. The third kappa shape index (κ3) is 3.20. The van der Waals surface area contributed by atoms with Gasteiger partial charge in [0.15, 0.2) is 0 Å². The number of benzene rings is 1. The minimum absolute atomic E-state index is 0.137. The van der Waals surface area contributed by atoms with E-state index in [2.05, 4.69) is 0 Å². The summed E-state index contributed by atoms with van der Waals surface area (Å²) in [6.45, 7) is 0. The normalized spacial score (nSPS) is 15.7. The van der Waals surface area contributed by atoms with Crippen LogP contribution < -0.4 is 0 Å². The lowest BCUT2D eigenvalue weighted by Gasteiger charge is -2.15. The lowest BCUT2D eigenvalue weighted by Crippen LogP contribution is -2.07. The maximum absolute atomic E-state index is 13.4. The topological polar surface area (TPSA) is 26.3 Å². The Bertz CT molecular complexity index is 743. The lowest BCUT2D eigenvalue weighted by molar-refractivity contribution is -0.137. The van der Waals surface area contributed by atoms with E-state index in [1.54, 1.807) is 12.1 Å². The molecule has 3 rings (SSSR count). The van der Waals surface area contributed by atoms with Crippen molar-refractivity contribution in [3.8, 4) is 11.1 Å². The van der Waals surface area contributed by atoms with Gasteiger partial charge in [0.2, 0.25) is 0 Å². The van der Waals surface area contributed by atoms with E-state index in [4.69, 9.17) is 4.74 Å². The fraction of sp³-hybridized carbons (Fsp3) is 0.389. The van der Waals surface area contributed by atoms with Gasteiger partial charge in [-0.25, -0.2) is 4.79 Å². The molecule has 2 nitrogen and oxygen atoms in total. The molecule has 0 unspecified atom stereocenters. The number of hydrogen-bond acceptors (Lipinski definition) is 3. The molecule has 24 heavy (non-hydrogen) atoms. The van der Waals surface area contributed by atoms with Crippen LogP contribution in [-0.2, 0) is 10.9 Å². The first-order valence-electron chi connectivity index (χ1n) is 7.80. The standard InChI is InChI=1S/C18H17F3O2S/c1-23-17(22)15-10-13(16(24-15)11-6-2-3-7-11)12-8-4-5-9-14(12)18(19,20)21/h4-5,8-11H,2-3,6-7H2,1H3. The smallest absolute Gasteiger partial charge is 0.417 e. The zero-order chi connectivity index (χ0) is 17.3. The van der Waals surface area contributed by atoms with E-state index < -0.39 is 17.7 Å². The molecule has 0 saturated heterocycles. The van der Waals surface area contributed by atoms with Gasteiger partial charge in [0.05, 0.1) is 12.7 Å². The molecular formula is C18H17F3O2S. The number of ether oxygens (including phenoxy) is 1. The van der Waals surface area contributed by atoms with Gasteiger partial charge in [0.25, 0.3) is 0 Å². The fourth-order valence-corrected chi connectivity index (χ4v) is 4.53. The van der Waals surface area contributed by atoms with Crippen LogP contribution in [0.4, 0.5) is 13.2 Å². The average Bonchev–Trinajstić information content (AvgIpc) is 3.22. The Morgan fingerprint density at radius 1 is 1.17 bits per heavy atom. The minimum Gasteiger partial charge on any atom is -0.465 e. The van der Waals surface area contributed by atoms with Crippen LogP contribution in [-0.4, -0.2) is 13.1 Å². The molecule has 0 aliphatic heterocycles. The maximum atomic E-state index is 13.4. The van der Waals surface area contributed by atoms with Gasteiger partial charge < -0.3 is 4.74 Å². The highest BCUT2D eigenvalue weighted by Gasteiger charge is 2.35. The van der Waals surface area contributed by atoms with E-state index >= 15 is 0 Å². The number of hydrogen-bond donors (Lipinski definition) is 0. The highest BCUT2D eigenvalue weighted by Crippen LogP contribution is 2.46. The predicted molar refractivity (Wildman–Crippen MR) is 87.3 cm³/mol. The highest BCUT2D eigenvalue weighted by atomic mass is 32.1. The summed E-state index contributed by atoms with van der Waals surface area (Å²) >= 11 is 1.26. The van der Waals surface area contributed by atoms with E-state index in [1.807, 2.05) is 0 Å². The summed E-state index contributed by atoms with van der Waals surface area (Å²) in [5.41, 5.74) is -0.0167. The van der Waals surface area contributed by atoms with Crippen LogP contribution in [0.25, 0.3) is 11.1 Å². The van der Waals surface area contributed by atoms with Gasteiger partial charge in [-0.1, -0.05) is 31.0 Å². The van der Waals surface area contributed by atoms with Crippen LogP contribution in [0.15, 0.2) is 30.3 Å². The van der Waals surface area contributed by atoms with Crippen molar-refractivity contribution in [1.29, 1.82) is 0 Å². The minimum atomic E-state index is -4.43. The van der Waals surface area contributed by atoms with Crippen molar-refractivity contribution in [2.45, 2.75) is 37.8 Å². The molecule has 0 bridgehead atoms. The number of carbonyl (C=O) groups excluding carboxylic acids is 1. The quantitative estimate of drug-likeness (QED) is 0.644. The largest absolute Gasteiger partial charge is 0.465 e. The molecule has 0 atom stereocenters. The van der Waals surface area contributed by atoms with Crippen LogP contribution in [0.2, 0.25) is 0 Å². The van der Waals surface area contributed by atoms with Crippen molar-refractivity contribution < 1.29 is 22.7 Å². The fourth-order valence-electron chi connectivity index (χ4n) is 3.27. The van der Waals surface area contributed by atoms with Gasteiger partial charge in [-0.05, 0) is 42.0 Å². The highest BCUT2D eigenvalue weighted by molar-refractivity contribution is 7.14. The van der Waals surface area contributed by atoms with Crippen molar-refractivity contribution in [1.82, 2.24) is 0 Å². The predicted octanol–water partition coefficient (Wildman–Crippen LogP) is 5.88. The number of rotatable bonds is 3. The molecule has 1 saturated carbocycles. The van der Waals surface area contributed by atoms with Crippen molar-refractivity contribution in [2.24, 2.45) is 0 Å². The summed E-state index contributed by atoms with van der Waals surface area (Å²) in [5, 5.41) is 0. The number of thiophene rings is 1. The van der Waals surface area contributed by atoms with E-state index in [0.29, 0.717) is 10.4 Å². The first kappa shape index (κ1) is 17.0. The van der Waals surface area contributed by atoms with E-state index in [1.165, 1.54) is 30.6 Å². The Balaban J connectivity index is 2.16. The molecule has 1 aliphatic carbocycles. The van der Waals surface area contributed by atoms with Gasteiger partial charge in [0.1, 0.15) is 4.88 Å². The van der Waals surface area contributed by atoms with Gasteiger partial charge in [-0.15, -0.1) is 11.3 Å². The summed E-state index contributed by atoms with van der Waals surface area (Å²) in [6, 6.07) is 7.09. The number of esters is 1. The number of alkyl halides is 3. The lowest BCUT2D eigenvalue weighted by atomic mass is 9.94. The van der Waals surface area contributed by atoms with E-state index in [-0.39, 0.29) is 11.5 Å². The molecule has 6 heteroatoms. The van der Waals surface area contributed by atoms with Crippen LogP contribution >= 0.6 is 11.3 Å². The van der Waals surface area contributed by atoms with Crippen molar-refractivity contribution in [2.75, 3.05) is 7.11 Å². The van der Waals surface area contributed by atoms with Crippen molar-refractivity contribution >= 4 is 17.3 Å². The van der Waals surface area contributed by atoms with Crippen LogP contribution in [0.1, 0.15) is 51.7 Å². The molecular weight excluding hydrogens is 337 g/mol. The van der Waals surface area contributed by atoms with Crippen LogP contribution in [0.3, 0.4) is 0 Å². The first-order valence-corrected chi connectivity index (χ1v) is 8.62. The molecule has 0 radical (unpaired) electrons. The zero-order valence-corrected chi connectivity index (χ0v) is 14.0. The Hall–Kier alpha value is -1.82. The molecule has 1 heterocycles. The molecule has 1 aromatic carbocycles. The van der Waals surface area contributed by atoms with E-state index in [0.717, 1.165) is 36.6 Å². The number of methoxy groups -OCH3 is 1. The zero-order valence-electron chi connectivity index (χ0n) is 13.2. The SMILES string of the molecule is COC(=O)c1cc(-c2ccccc2C(F)(F)F)c(C2CCCC2)s1. The van der Waals surface area contributed by atoms with Gasteiger partial charge in [-0.2, -0.15) is 13.2 Å². The molecule has 1 aromatic heterocycles. The second kappa shape index (κ2) is 6.59. The van der Waals surface area contributed by atoms with Crippen LogP contribution in [0, 0.1) is 0 Å². The second-order valence-electron chi connectivity index (χ2n) is 5.90. The molecule has 128 valence electrons. The third-order valence-electron chi connectivity index (χ3n) is 4.40. The average molecular weight is 354 g/mol. The third-order valence-corrected chi connectivity index (χ3v) is 5.67. The molecule has 1 aliphatic rings. The summed E-state index contributed by atoms with van der Waals surface area (Å²) in [4.78, 5) is 13.1. The maximum Gasteiger partial charge on any atom is 0.417 e. The molecule has 1 fully saturated rings. The molecule has 0 amide bonds. The summed E-state index contributed by atoms with van der Waals surface area (Å²) in [7, 11) is 1.28. The van der Waals surface area contributed by atoms with Crippen molar-refractivity contribution in [3.05, 3.63) is 45.6 Å². The van der Waals surface area contributed by atoms with E-state index in [9.17, 15) is 18.0 Å². The molecule has 0 spiro atoms. The van der Waals surface area contributed by atoms with Gasteiger partial charge in [0, 0.05) is 4.88 Å². The van der Waals surface area contributed by atoms with Crippen LogP contribution in [0.5, 0.6) is 0 Å². The second-order valence-corrected chi connectivity index (χ2v) is 6.99. The van der Waals surface area contributed by atoms with Crippen molar-refractivity contribution in [3.63, 3.8) is 0 Å². The first-order chi connectivity index (χ1) is 11.4. The Labute approximate surface area is 142 Å².